The van der Waals surface area contributed by atoms with Crippen LogP contribution in [0, 0.1) is 0 Å². The topological polar surface area (TPSA) is 88.9 Å². The van der Waals surface area contributed by atoms with Crippen LogP contribution >= 0.6 is 15.9 Å². The summed E-state index contributed by atoms with van der Waals surface area (Å²) in [5.74, 6) is -0.425. The van der Waals surface area contributed by atoms with Gasteiger partial charge in [0, 0.05) is 10.0 Å². The van der Waals surface area contributed by atoms with Crippen LogP contribution in [0.15, 0.2) is 46.9 Å². The van der Waals surface area contributed by atoms with Gasteiger partial charge in [-0.05, 0) is 61.0 Å². The SMILES string of the molecule is CCOc1cc(-c2nn(-c3ccccc3)c(C(=O)OC)c2C(=O)OC)c(Br)cc1OC(C)C. The fourth-order valence-electron chi connectivity index (χ4n) is 3.27. The summed E-state index contributed by atoms with van der Waals surface area (Å²) in [6, 6.07) is 12.4. The number of carbonyl (C=O) groups is 2. The minimum Gasteiger partial charge on any atom is -0.490 e. The van der Waals surface area contributed by atoms with Crippen molar-refractivity contribution in [3.8, 4) is 28.4 Å². The fourth-order valence-corrected chi connectivity index (χ4v) is 3.78. The zero-order valence-corrected chi connectivity index (χ0v) is 20.6. The van der Waals surface area contributed by atoms with Gasteiger partial charge in [0.1, 0.15) is 11.3 Å². The van der Waals surface area contributed by atoms with Crippen LogP contribution in [-0.4, -0.2) is 48.6 Å². The number of benzene rings is 2. The lowest BCUT2D eigenvalue weighted by atomic mass is 10.0. The van der Waals surface area contributed by atoms with E-state index in [2.05, 4.69) is 21.0 Å². The van der Waals surface area contributed by atoms with E-state index in [1.165, 1.54) is 18.9 Å². The lowest BCUT2D eigenvalue weighted by Crippen LogP contribution is -2.15. The number of aromatic nitrogens is 2. The maximum atomic E-state index is 12.9. The van der Waals surface area contributed by atoms with Gasteiger partial charge in [-0.3, -0.25) is 0 Å². The van der Waals surface area contributed by atoms with Gasteiger partial charge in [-0.1, -0.05) is 18.2 Å². The number of esters is 2. The van der Waals surface area contributed by atoms with Crippen LogP contribution in [0.25, 0.3) is 16.9 Å². The third-order valence-corrected chi connectivity index (χ3v) is 5.26. The molecule has 0 aliphatic heterocycles. The molecule has 0 amide bonds. The van der Waals surface area contributed by atoms with E-state index in [9.17, 15) is 9.59 Å². The second-order valence-corrected chi connectivity index (χ2v) is 8.04. The van der Waals surface area contributed by atoms with E-state index in [-0.39, 0.29) is 23.1 Å². The van der Waals surface area contributed by atoms with Gasteiger partial charge < -0.3 is 18.9 Å². The van der Waals surface area contributed by atoms with Crippen molar-refractivity contribution in [1.82, 2.24) is 9.78 Å². The Labute approximate surface area is 200 Å². The van der Waals surface area contributed by atoms with Crippen molar-refractivity contribution in [2.45, 2.75) is 26.9 Å². The standard InChI is InChI=1S/C24H25BrN2O6/c1-6-32-18-12-16(17(25)13-19(18)33-14(2)3)21-20(23(28)30-4)22(24(29)31-5)27(26-21)15-10-8-7-9-11-15/h7-14H,6H2,1-5H3. The molecule has 8 nitrogen and oxygen atoms in total. The van der Waals surface area contributed by atoms with Crippen LogP contribution in [0.2, 0.25) is 0 Å². The van der Waals surface area contributed by atoms with E-state index in [4.69, 9.17) is 18.9 Å². The van der Waals surface area contributed by atoms with Crippen LogP contribution in [0.3, 0.4) is 0 Å². The Morgan fingerprint density at radius 2 is 1.70 bits per heavy atom. The molecule has 2 aromatic carbocycles. The first-order valence-electron chi connectivity index (χ1n) is 10.3. The van der Waals surface area contributed by atoms with Gasteiger partial charge in [0.15, 0.2) is 17.2 Å². The van der Waals surface area contributed by atoms with Gasteiger partial charge >= 0.3 is 11.9 Å². The number of para-hydroxylation sites is 1. The van der Waals surface area contributed by atoms with Crippen LogP contribution < -0.4 is 9.47 Å². The van der Waals surface area contributed by atoms with E-state index in [0.29, 0.717) is 33.8 Å². The molecule has 3 aromatic rings. The highest BCUT2D eigenvalue weighted by Crippen LogP contribution is 2.41. The summed E-state index contributed by atoms with van der Waals surface area (Å²) in [5, 5.41) is 4.63. The summed E-state index contributed by atoms with van der Waals surface area (Å²) in [4.78, 5) is 25.6. The van der Waals surface area contributed by atoms with Crippen molar-refractivity contribution in [3.63, 3.8) is 0 Å². The highest BCUT2D eigenvalue weighted by molar-refractivity contribution is 9.10. The monoisotopic (exact) mass is 516 g/mol. The summed E-state index contributed by atoms with van der Waals surface area (Å²) in [5.41, 5.74) is 1.27. The molecule has 0 spiro atoms. The molecule has 0 bridgehead atoms. The first-order valence-corrected chi connectivity index (χ1v) is 11.1. The normalized spacial score (nSPS) is 10.8. The number of hydrogen-bond acceptors (Lipinski definition) is 7. The van der Waals surface area contributed by atoms with E-state index < -0.39 is 11.9 Å². The summed E-state index contributed by atoms with van der Waals surface area (Å²) >= 11 is 3.56. The quantitative estimate of drug-likeness (QED) is 0.386. The predicted molar refractivity (Wildman–Crippen MR) is 126 cm³/mol. The first kappa shape index (κ1) is 24.3. The molecule has 9 heteroatoms. The summed E-state index contributed by atoms with van der Waals surface area (Å²) in [6.45, 7) is 6.10. The predicted octanol–water partition coefficient (Wildman–Crippen LogP) is 5.06. The Bertz CT molecular complexity index is 1160. The van der Waals surface area contributed by atoms with Crippen LogP contribution in [-0.2, 0) is 9.47 Å². The number of carbonyl (C=O) groups excluding carboxylic acids is 2. The molecular formula is C24H25BrN2O6. The summed E-state index contributed by atoms with van der Waals surface area (Å²) < 4.78 is 23.6. The summed E-state index contributed by atoms with van der Waals surface area (Å²) in [6.07, 6.45) is -0.0733. The Kier molecular flexibility index (Phi) is 7.75. The highest BCUT2D eigenvalue weighted by atomic mass is 79.9. The molecule has 1 aromatic heterocycles. The third kappa shape index (κ3) is 5.03. The van der Waals surface area contributed by atoms with Crippen LogP contribution in [0.5, 0.6) is 11.5 Å². The smallest absolute Gasteiger partial charge is 0.357 e. The van der Waals surface area contributed by atoms with Crippen molar-refractivity contribution in [2.75, 3.05) is 20.8 Å². The van der Waals surface area contributed by atoms with Crippen LogP contribution in [0.4, 0.5) is 0 Å². The number of hydrogen-bond donors (Lipinski definition) is 0. The Hall–Kier alpha value is -3.33. The number of ether oxygens (including phenoxy) is 4. The molecule has 1 heterocycles. The maximum Gasteiger partial charge on any atom is 0.357 e. The number of rotatable bonds is 8. The van der Waals surface area contributed by atoms with E-state index in [1.54, 1.807) is 36.4 Å². The maximum absolute atomic E-state index is 12.9. The Balaban J connectivity index is 2.35. The van der Waals surface area contributed by atoms with E-state index in [0.717, 1.165) is 0 Å². The average Bonchev–Trinajstić information content (AvgIpc) is 3.20. The van der Waals surface area contributed by atoms with Gasteiger partial charge in [0.25, 0.3) is 0 Å². The third-order valence-electron chi connectivity index (χ3n) is 4.61. The number of nitrogens with zero attached hydrogens (tertiary/aromatic N) is 2. The van der Waals surface area contributed by atoms with Gasteiger partial charge in [-0.15, -0.1) is 0 Å². The Morgan fingerprint density at radius 1 is 1.03 bits per heavy atom. The molecule has 33 heavy (non-hydrogen) atoms. The number of halogens is 1. The average molecular weight is 517 g/mol. The van der Waals surface area contributed by atoms with Crippen molar-refractivity contribution >= 4 is 27.9 Å². The minimum absolute atomic E-state index is 0.0196. The summed E-state index contributed by atoms with van der Waals surface area (Å²) in [7, 11) is 2.49. The molecule has 0 aliphatic rings. The second-order valence-electron chi connectivity index (χ2n) is 7.18. The first-order chi connectivity index (χ1) is 15.8. The molecule has 0 aliphatic carbocycles. The molecule has 0 atom stereocenters. The molecule has 0 radical (unpaired) electrons. The molecule has 0 fully saturated rings. The van der Waals surface area contributed by atoms with Crippen LogP contribution in [0.1, 0.15) is 41.6 Å². The van der Waals surface area contributed by atoms with Gasteiger partial charge in [-0.2, -0.15) is 5.10 Å². The molecule has 174 valence electrons. The zero-order valence-electron chi connectivity index (χ0n) is 19.0. The van der Waals surface area contributed by atoms with Gasteiger partial charge in [0.2, 0.25) is 0 Å². The van der Waals surface area contributed by atoms with Crippen molar-refractivity contribution in [3.05, 3.63) is 58.2 Å². The molecular weight excluding hydrogens is 492 g/mol. The lowest BCUT2D eigenvalue weighted by molar-refractivity contribution is 0.0549. The Morgan fingerprint density at radius 3 is 2.27 bits per heavy atom. The molecule has 0 saturated carbocycles. The largest absolute Gasteiger partial charge is 0.490 e. The zero-order chi connectivity index (χ0) is 24.1. The second kappa shape index (κ2) is 10.5. The van der Waals surface area contributed by atoms with Crippen molar-refractivity contribution < 1.29 is 28.5 Å². The minimum atomic E-state index is -0.723. The molecule has 0 unspecified atom stereocenters. The van der Waals surface area contributed by atoms with Crippen molar-refractivity contribution in [2.24, 2.45) is 0 Å². The molecule has 0 saturated heterocycles. The number of methoxy groups -OCH3 is 2. The highest BCUT2D eigenvalue weighted by Gasteiger charge is 2.32. The lowest BCUT2D eigenvalue weighted by Gasteiger charge is -2.16. The van der Waals surface area contributed by atoms with E-state index >= 15 is 0 Å². The van der Waals surface area contributed by atoms with Crippen molar-refractivity contribution in [1.29, 1.82) is 0 Å². The molecule has 3 rings (SSSR count). The molecule has 0 N–H and O–H groups in total. The van der Waals surface area contributed by atoms with Gasteiger partial charge in [-0.25, -0.2) is 14.3 Å². The van der Waals surface area contributed by atoms with E-state index in [1.807, 2.05) is 26.8 Å². The fraction of sp³-hybridized carbons (Fsp3) is 0.292. The van der Waals surface area contributed by atoms with Gasteiger partial charge in [0.05, 0.1) is 32.6 Å².